The molecule has 2 aromatic rings. The minimum Gasteiger partial charge on any atom is -0.316 e. The highest BCUT2D eigenvalue weighted by molar-refractivity contribution is 5.85. The first kappa shape index (κ1) is 20.2. The van der Waals surface area contributed by atoms with Gasteiger partial charge in [-0.25, -0.2) is 0 Å². The van der Waals surface area contributed by atoms with Crippen molar-refractivity contribution in [3.8, 4) is 0 Å². The normalized spacial score (nSPS) is 23.2. The van der Waals surface area contributed by atoms with Crippen molar-refractivity contribution < 1.29 is 0 Å². The van der Waals surface area contributed by atoms with Gasteiger partial charge in [-0.1, -0.05) is 24.3 Å². The molecule has 1 spiro atoms. The Labute approximate surface area is 162 Å². The Balaban J connectivity index is 0.00000113. The first-order valence-electron chi connectivity index (χ1n) is 8.80. The van der Waals surface area contributed by atoms with E-state index < -0.39 is 0 Å². The average Bonchev–Trinajstić information content (AvgIpc) is 3.20. The number of likely N-dealkylation sites (tertiary alicyclic amines) is 1. The summed E-state index contributed by atoms with van der Waals surface area (Å²) in [5.41, 5.74) is 3.31. The van der Waals surface area contributed by atoms with Crippen molar-refractivity contribution in [3.63, 3.8) is 0 Å². The van der Waals surface area contributed by atoms with E-state index >= 15 is 0 Å². The summed E-state index contributed by atoms with van der Waals surface area (Å²) in [5, 5.41) is 7.87. The van der Waals surface area contributed by atoms with Crippen LogP contribution in [-0.2, 0) is 13.1 Å². The van der Waals surface area contributed by atoms with Gasteiger partial charge in [0.15, 0.2) is 0 Å². The van der Waals surface area contributed by atoms with Crippen LogP contribution in [0.3, 0.4) is 0 Å². The zero-order valence-electron chi connectivity index (χ0n) is 14.6. The van der Waals surface area contributed by atoms with Gasteiger partial charge in [0.25, 0.3) is 0 Å². The Morgan fingerprint density at radius 2 is 1.92 bits per heavy atom. The van der Waals surface area contributed by atoms with Crippen molar-refractivity contribution >= 4 is 24.8 Å². The summed E-state index contributed by atoms with van der Waals surface area (Å²) in [6.45, 7) is 6.84. The van der Waals surface area contributed by atoms with Crippen LogP contribution in [-0.4, -0.2) is 40.9 Å². The molecule has 0 saturated carbocycles. The lowest BCUT2D eigenvalue weighted by Gasteiger charge is -2.40. The Kier molecular flexibility index (Phi) is 7.32. The molecule has 0 amide bonds. The van der Waals surface area contributed by atoms with Crippen molar-refractivity contribution in [3.05, 3.63) is 53.9 Å². The van der Waals surface area contributed by atoms with E-state index in [2.05, 4.69) is 39.6 Å². The van der Waals surface area contributed by atoms with Crippen LogP contribution in [0.4, 0.5) is 0 Å². The van der Waals surface area contributed by atoms with Crippen molar-refractivity contribution in [2.75, 3.05) is 26.2 Å². The number of halogens is 2. The summed E-state index contributed by atoms with van der Waals surface area (Å²) in [4.78, 5) is 2.66. The zero-order chi connectivity index (χ0) is 15.5. The molecule has 3 heterocycles. The number of piperidine rings is 1. The molecule has 2 aliphatic heterocycles. The maximum Gasteiger partial charge on any atom is 0.0659 e. The molecule has 0 radical (unpaired) electrons. The second-order valence-electron chi connectivity index (χ2n) is 7.26. The van der Waals surface area contributed by atoms with Crippen LogP contribution in [0.25, 0.3) is 0 Å². The van der Waals surface area contributed by atoms with Gasteiger partial charge in [0.1, 0.15) is 0 Å². The second-order valence-corrected chi connectivity index (χ2v) is 7.26. The molecular weight excluding hydrogens is 355 g/mol. The highest BCUT2D eigenvalue weighted by atomic mass is 35.5. The molecule has 1 aromatic carbocycles. The fourth-order valence-corrected chi connectivity index (χ4v) is 4.25. The fraction of sp³-hybridized carbons (Fsp3) is 0.526. The maximum absolute atomic E-state index is 4.30. The van der Waals surface area contributed by atoms with E-state index in [9.17, 15) is 0 Å². The highest BCUT2D eigenvalue weighted by Gasteiger charge is 2.37. The third-order valence-electron chi connectivity index (χ3n) is 5.37. The average molecular weight is 383 g/mol. The van der Waals surface area contributed by atoms with E-state index in [0.29, 0.717) is 5.41 Å². The molecule has 2 aliphatic rings. The lowest BCUT2D eigenvalue weighted by Crippen LogP contribution is -2.44. The summed E-state index contributed by atoms with van der Waals surface area (Å²) in [7, 11) is 0. The number of hydrogen-bond donors (Lipinski definition) is 1. The minimum absolute atomic E-state index is 0. The van der Waals surface area contributed by atoms with Crippen LogP contribution in [0.5, 0.6) is 0 Å². The van der Waals surface area contributed by atoms with Crippen molar-refractivity contribution in [2.45, 2.75) is 32.4 Å². The van der Waals surface area contributed by atoms with E-state index in [0.717, 1.165) is 13.1 Å². The quantitative estimate of drug-likeness (QED) is 0.879. The van der Waals surface area contributed by atoms with E-state index in [1.807, 2.05) is 23.1 Å². The number of nitrogens with one attached hydrogen (secondary N) is 1. The summed E-state index contributed by atoms with van der Waals surface area (Å²) < 4.78 is 1.99. The van der Waals surface area contributed by atoms with Crippen LogP contribution in [0.2, 0.25) is 0 Å². The number of rotatable bonds is 4. The van der Waals surface area contributed by atoms with Crippen molar-refractivity contribution in [1.82, 2.24) is 20.0 Å². The molecule has 1 aromatic heterocycles. The van der Waals surface area contributed by atoms with Crippen LogP contribution >= 0.6 is 24.8 Å². The Morgan fingerprint density at radius 1 is 1.08 bits per heavy atom. The van der Waals surface area contributed by atoms with E-state index in [-0.39, 0.29) is 24.8 Å². The van der Waals surface area contributed by atoms with E-state index in [1.54, 1.807) is 0 Å². The van der Waals surface area contributed by atoms with Crippen molar-refractivity contribution in [1.29, 1.82) is 0 Å². The Bertz CT molecular complexity index is 639. The summed E-state index contributed by atoms with van der Waals surface area (Å²) in [6.07, 6.45) is 7.95. The summed E-state index contributed by atoms with van der Waals surface area (Å²) in [5.74, 6) is 0. The molecule has 0 aliphatic carbocycles. The SMILES string of the molecule is Cl.Cl.c1cc(CN2CCCC3(CCNC3)C2)cc(Cn2cccn2)c1. The van der Waals surface area contributed by atoms with Crippen LogP contribution in [0, 0.1) is 5.41 Å². The smallest absolute Gasteiger partial charge is 0.0659 e. The standard InChI is InChI=1S/C19H26N4.2ClH/c1-4-17(12-18(5-1)14-23-11-3-8-21-23)13-22-10-2-6-19(16-22)7-9-20-15-19;;/h1,3-5,8,11-12,20H,2,6-7,9-10,13-16H2;2*1H. The lowest BCUT2D eigenvalue weighted by molar-refractivity contribution is 0.0978. The molecular formula is C19H28Cl2N4. The number of hydrogen-bond acceptors (Lipinski definition) is 3. The molecule has 2 saturated heterocycles. The largest absolute Gasteiger partial charge is 0.316 e. The van der Waals surface area contributed by atoms with Gasteiger partial charge in [0.05, 0.1) is 6.54 Å². The summed E-state index contributed by atoms with van der Waals surface area (Å²) in [6, 6.07) is 11.0. The van der Waals surface area contributed by atoms with Crippen LogP contribution in [0.1, 0.15) is 30.4 Å². The monoisotopic (exact) mass is 382 g/mol. The Hall–Kier alpha value is -1.07. The van der Waals surface area contributed by atoms with Crippen molar-refractivity contribution in [2.24, 2.45) is 5.41 Å². The molecule has 138 valence electrons. The summed E-state index contributed by atoms with van der Waals surface area (Å²) >= 11 is 0. The zero-order valence-corrected chi connectivity index (χ0v) is 16.2. The van der Waals surface area contributed by atoms with Gasteiger partial charge in [0.2, 0.25) is 0 Å². The van der Waals surface area contributed by atoms with Gasteiger partial charge in [-0.05, 0) is 55.0 Å². The number of aromatic nitrogens is 2. The third-order valence-corrected chi connectivity index (χ3v) is 5.37. The molecule has 2 fully saturated rings. The van der Waals surface area contributed by atoms with Gasteiger partial charge in [-0.3, -0.25) is 9.58 Å². The molecule has 25 heavy (non-hydrogen) atoms. The molecule has 6 heteroatoms. The molecule has 0 bridgehead atoms. The number of benzene rings is 1. The molecule has 1 N–H and O–H groups in total. The fourth-order valence-electron chi connectivity index (χ4n) is 4.25. The van der Waals surface area contributed by atoms with Gasteiger partial charge in [-0.2, -0.15) is 5.10 Å². The van der Waals surface area contributed by atoms with E-state index in [4.69, 9.17) is 0 Å². The van der Waals surface area contributed by atoms with Gasteiger partial charge in [0, 0.05) is 32.0 Å². The minimum atomic E-state index is 0. The first-order chi connectivity index (χ1) is 11.3. The van der Waals surface area contributed by atoms with Gasteiger partial charge < -0.3 is 5.32 Å². The third kappa shape index (κ3) is 4.98. The molecule has 1 atom stereocenters. The van der Waals surface area contributed by atoms with Crippen LogP contribution in [0.15, 0.2) is 42.7 Å². The number of nitrogens with zero attached hydrogens (tertiary/aromatic N) is 3. The molecule has 4 rings (SSSR count). The Morgan fingerprint density at radius 3 is 2.64 bits per heavy atom. The predicted molar refractivity (Wildman–Crippen MR) is 107 cm³/mol. The highest BCUT2D eigenvalue weighted by Crippen LogP contribution is 2.35. The van der Waals surface area contributed by atoms with Gasteiger partial charge >= 0.3 is 0 Å². The lowest BCUT2D eigenvalue weighted by atomic mass is 9.79. The predicted octanol–water partition coefficient (Wildman–Crippen LogP) is 3.35. The molecule has 4 nitrogen and oxygen atoms in total. The van der Waals surface area contributed by atoms with Crippen LogP contribution < -0.4 is 5.32 Å². The van der Waals surface area contributed by atoms with Gasteiger partial charge in [-0.15, -0.1) is 24.8 Å². The van der Waals surface area contributed by atoms with E-state index in [1.165, 1.54) is 56.6 Å². The topological polar surface area (TPSA) is 33.1 Å². The molecule has 1 unspecified atom stereocenters. The maximum atomic E-state index is 4.30. The second kappa shape index (κ2) is 9.04. The first-order valence-corrected chi connectivity index (χ1v) is 8.80.